The van der Waals surface area contributed by atoms with Gasteiger partial charge in [-0.05, 0) is 49.0 Å². The summed E-state index contributed by atoms with van der Waals surface area (Å²) in [6.07, 6.45) is 7.91. The summed E-state index contributed by atoms with van der Waals surface area (Å²) in [6.45, 7) is 0. The third-order valence-electron chi connectivity index (χ3n) is 5.07. The van der Waals surface area contributed by atoms with Gasteiger partial charge in [-0.1, -0.05) is 24.3 Å². The molecular weight excluding hydrogens is 303 g/mol. The van der Waals surface area contributed by atoms with Crippen molar-refractivity contribution in [2.45, 2.75) is 19.0 Å². The van der Waals surface area contributed by atoms with E-state index in [0.717, 1.165) is 30.7 Å². The van der Waals surface area contributed by atoms with E-state index in [-0.39, 0.29) is 16.9 Å². The molecule has 3 aliphatic rings. The van der Waals surface area contributed by atoms with Crippen LogP contribution in [-0.4, -0.2) is 0 Å². The van der Waals surface area contributed by atoms with Gasteiger partial charge in [0, 0.05) is 0 Å². The topological polar surface area (TPSA) is 35.2 Å². The zero-order valence-electron chi connectivity index (χ0n) is 12.3. The molecule has 1 aromatic carbocycles. The molecule has 0 saturated heterocycles. The van der Waals surface area contributed by atoms with E-state index in [1.54, 1.807) is 0 Å². The minimum absolute atomic E-state index is 0.0784. The van der Waals surface area contributed by atoms with E-state index in [1.165, 1.54) is 6.07 Å². The highest BCUT2D eigenvalue weighted by Crippen LogP contribution is 2.60. The predicted octanol–water partition coefficient (Wildman–Crippen LogP) is 4.70. The number of nitrogens with two attached hydrogens (primary N) is 1. The Kier molecular flexibility index (Phi) is 2.92. The SMILES string of the molecule is Nc1ccc(C(F)(F)F)cc1OC1=CC2CC3C=CC=CC13C2. The van der Waals surface area contributed by atoms with Crippen molar-refractivity contribution in [3.05, 3.63) is 59.9 Å². The summed E-state index contributed by atoms with van der Waals surface area (Å²) < 4.78 is 44.6. The van der Waals surface area contributed by atoms with E-state index in [9.17, 15) is 13.2 Å². The number of allylic oxidation sites excluding steroid dienone is 5. The van der Waals surface area contributed by atoms with Crippen LogP contribution in [0.5, 0.6) is 5.75 Å². The molecule has 1 saturated carbocycles. The lowest BCUT2D eigenvalue weighted by atomic mass is 9.74. The van der Waals surface area contributed by atoms with Crippen molar-refractivity contribution in [1.82, 2.24) is 0 Å². The van der Waals surface area contributed by atoms with Gasteiger partial charge in [0.25, 0.3) is 0 Å². The minimum atomic E-state index is -4.41. The molecule has 0 aliphatic heterocycles. The average Bonchev–Trinajstić information content (AvgIpc) is 3.01. The molecule has 4 rings (SSSR count). The molecule has 3 aliphatic carbocycles. The number of benzene rings is 1. The van der Waals surface area contributed by atoms with E-state index in [4.69, 9.17) is 10.5 Å². The molecule has 5 heteroatoms. The van der Waals surface area contributed by atoms with Gasteiger partial charge in [-0.15, -0.1) is 0 Å². The Morgan fingerprint density at radius 2 is 2.04 bits per heavy atom. The number of nitrogen functional groups attached to an aromatic ring is 1. The Labute approximate surface area is 132 Å². The van der Waals surface area contributed by atoms with Crippen LogP contribution >= 0.6 is 0 Å². The Balaban J connectivity index is 1.68. The predicted molar refractivity (Wildman–Crippen MR) is 81.5 cm³/mol. The van der Waals surface area contributed by atoms with E-state index >= 15 is 0 Å². The molecule has 3 atom stereocenters. The number of halogens is 3. The Morgan fingerprint density at radius 1 is 1.22 bits per heavy atom. The molecule has 3 unspecified atom stereocenters. The lowest BCUT2D eigenvalue weighted by Gasteiger charge is -2.34. The monoisotopic (exact) mass is 319 g/mol. The molecule has 2 nitrogen and oxygen atoms in total. The van der Waals surface area contributed by atoms with Gasteiger partial charge in [0.1, 0.15) is 11.5 Å². The van der Waals surface area contributed by atoms with Crippen LogP contribution in [-0.2, 0) is 6.18 Å². The van der Waals surface area contributed by atoms with Gasteiger partial charge in [-0.2, -0.15) is 13.2 Å². The van der Waals surface area contributed by atoms with Gasteiger partial charge in [0.05, 0.1) is 16.7 Å². The van der Waals surface area contributed by atoms with Crippen molar-refractivity contribution in [1.29, 1.82) is 0 Å². The fourth-order valence-electron chi connectivity index (χ4n) is 3.98. The van der Waals surface area contributed by atoms with E-state index in [1.807, 2.05) is 18.2 Å². The van der Waals surface area contributed by atoms with Crippen molar-refractivity contribution in [3.63, 3.8) is 0 Å². The zero-order chi connectivity index (χ0) is 16.2. The fraction of sp³-hybridized carbons (Fsp3) is 0.333. The number of rotatable bonds is 2. The highest BCUT2D eigenvalue weighted by Gasteiger charge is 2.53. The van der Waals surface area contributed by atoms with Gasteiger partial charge < -0.3 is 10.5 Å². The molecule has 1 spiro atoms. The molecule has 0 amide bonds. The Hall–Kier alpha value is -2.17. The second-order valence-electron chi connectivity index (χ2n) is 6.47. The van der Waals surface area contributed by atoms with Crippen molar-refractivity contribution in [2.75, 3.05) is 5.73 Å². The van der Waals surface area contributed by atoms with Crippen LogP contribution in [0.2, 0.25) is 0 Å². The standard InChI is InChI=1S/C18H16F3NO/c19-18(20,21)13-4-5-14(22)15(9-13)23-16-8-11-7-12-3-1-2-6-17(12,16)10-11/h1-6,8-9,11-12H,7,10,22H2. The normalized spacial score (nSPS) is 31.2. The van der Waals surface area contributed by atoms with Crippen LogP contribution in [0.25, 0.3) is 0 Å². The van der Waals surface area contributed by atoms with Crippen LogP contribution < -0.4 is 10.5 Å². The van der Waals surface area contributed by atoms with Gasteiger partial charge in [0.15, 0.2) is 0 Å². The van der Waals surface area contributed by atoms with Gasteiger partial charge in [-0.25, -0.2) is 0 Å². The molecule has 2 N–H and O–H groups in total. The molecular formula is C18H16F3NO. The zero-order valence-corrected chi connectivity index (χ0v) is 12.3. The maximum atomic E-state index is 12.9. The first-order chi connectivity index (χ1) is 10.9. The van der Waals surface area contributed by atoms with Crippen LogP contribution in [0.3, 0.4) is 0 Å². The maximum absolute atomic E-state index is 12.9. The third-order valence-corrected chi connectivity index (χ3v) is 5.07. The number of hydrogen-bond donors (Lipinski definition) is 1. The summed E-state index contributed by atoms with van der Waals surface area (Å²) in [5, 5.41) is 0. The minimum Gasteiger partial charge on any atom is -0.459 e. The molecule has 1 fully saturated rings. The molecule has 1 aromatic rings. The number of ether oxygens (including phenoxy) is 1. The summed E-state index contributed by atoms with van der Waals surface area (Å²) in [4.78, 5) is 0. The number of fused-ring (bicyclic) bond motifs is 1. The molecule has 0 heterocycles. The second-order valence-corrected chi connectivity index (χ2v) is 6.47. The molecule has 23 heavy (non-hydrogen) atoms. The Bertz CT molecular complexity index is 747. The highest BCUT2D eigenvalue weighted by molar-refractivity contribution is 5.56. The first-order valence-electron chi connectivity index (χ1n) is 7.61. The summed E-state index contributed by atoms with van der Waals surface area (Å²) in [5.74, 6) is 1.57. The molecule has 120 valence electrons. The number of alkyl halides is 3. The summed E-state index contributed by atoms with van der Waals surface area (Å²) in [5.41, 5.74) is 5.06. The second kappa shape index (κ2) is 4.66. The smallest absolute Gasteiger partial charge is 0.416 e. The third kappa shape index (κ3) is 2.18. The maximum Gasteiger partial charge on any atom is 0.416 e. The van der Waals surface area contributed by atoms with Gasteiger partial charge in [0.2, 0.25) is 0 Å². The van der Waals surface area contributed by atoms with Crippen LogP contribution in [0.15, 0.2) is 54.3 Å². The summed E-state index contributed by atoms with van der Waals surface area (Å²) in [7, 11) is 0. The van der Waals surface area contributed by atoms with Crippen LogP contribution in [0.4, 0.5) is 18.9 Å². The largest absolute Gasteiger partial charge is 0.459 e. The first-order valence-corrected chi connectivity index (χ1v) is 7.61. The van der Waals surface area contributed by atoms with Gasteiger partial charge in [-0.3, -0.25) is 0 Å². The van der Waals surface area contributed by atoms with Crippen molar-refractivity contribution < 1.29 is 17.9 Å². The lowest BCUT2D eigenvalue weighted by Crippen LogP contribution is -2.28. The number of hydrogen-bond acceptors (Lipinski definition) is 2. The lowest BCUT2D eigenvalue weighted by molar-refractivity contribution is -0.137. The van der Waals surface area contributed by atoms with E-state index in [0.29, 0.717) is 11.8 Å². The van der Waals surface area contributed by atoms with Crippen LogP contribution in [0.1, 0.15) is 18.4 Å². The summed E-state index contributed by atoms with van der Waals surface area (Å²) in [6, 6.07) is 3.20. The molecule has 0 radical (unpaired) electrons. The van der Waals surface area contributed by atoms with Crippen molar-refractivity contribution >= 4 is 5.69 Å². The summed E-state index contributed by atoms with van der Waals surface area (Å²) >= 11 is 0. The quantitative estimate of drug-likeness (QED) is 0.802. The molecule has 2 bridgehead atoms. The first kappa shape index (κ1) is 14.4. The van der Waals surface area contributed by atoms with Crippen molar-refractivity contribution in [2.24, 2.45) is 17.3 Å². The highest BCUT2D eigenvalue weighted by atomic mass is 19.4. The number of anilines is 1. The average molecular weight is 319 g/mol. The van der Waals surface area contributed by atoms with E-state index < -0.39 is 11.7 Å². The van der Waals surface area contributed by atoms with Crippen LogP contribution in [0, 0.1) is 17.3 Å². The van der Waals surface area contributed by atoms with Gasteiger partial charge >= 0.3 is 6.18 Å². The van der Waals surface area contributed by atoms with Crippen molar-refractivity contribution in [3.8, 4) is 5.75 Å². The Morgan fingerprint density at radius 3 is 2.83 bits per heavy atom. The fourth-order valence-corrected chi connectivity index (χ4v) is 3.98. The molecule has 0 aromatic heterocycles. The van der Waals surface area contributed by atoms with E-state index in [2.05, 4.69) is 12.2 Å².